The molecule has 0 amide bonds. The summed E-state index contributed by atoms with van der Waals surface area (Å²) in [7, 11) is 3.91. The lowest BCUT2D eigenvalue weighted by Crippen LogP contribution is -2.28. The van der Waals surface area contributed by atoms with Gasteiger partial charge in [0, 0.05) is 19.6 Å². The molecular weight excluding hydrogens is 212 g/mol. The molecule has 1 aromatic carbocycles. The van der Waals surface area contributed by atoms with Crippen LogP contribution in [0.5, 0.6) is 5.75 Å². The number of hydrogen-bond acceptors (Lipinski definition) is 3. The van der Waals surface area contributed by atoms with Crippen molar-refractivity contribution in [3.05, 3.63) is 29.8 Å². The Labute approximate surface area is 104 Å². The molecule has 1 fully saturated rings. The van der Waals surface area contributed by atoms with Crippen LogP contribution in [0.2, 0.25) is 0 Å². The van der Waals surface area contributed by atoms with E-state index in [2.05, 4.69) is 29.0 Å². The van der Waals surface area contributed by atoms with E-state index in [1.807, 2.05) is 12.1 Å². The minimum Gasteiger partial charge on any atom is -0.497 e. The van der Waals surface area contributed by atoms with Crippen molar-refractivity contribution < 1.29 is 4.74 Å². The molecule has 0 aromatic heterocycles. The molecule has 3 heteroatoms. The fraction of sp³-hybridized carbons (Fsp3) is 0.571. The molecule has 0 unspecified atom stereocenters. The minimum absolute atomic E-state index is 0.935. The summed E-state index contributed by atoms with van der Waals surface area (Å²) >= 11 is 0. The van der Waals surface area contributed by atoms with Crippen molar-refractivity contribution in [2.75, 3.05) is 40.3 Å². The Hall–Kier alpha value is -1.06. The highest BCUT2D eigenvalue weighted by Crippen LogP contribution is 2.13. The molecule has 17 heavy (non-hydrogen) atoms. The van der Waals surface area contributed by atoms with E-state index in [1.54, 1.807) is 7.11 Å². The van der Waals surface area contributed by atoms with Gasteiger partial charge < -0.3 is 9.64 Å². The van der Waals surface area contributed by atoms with E-state index >= 15 is 0 Å². The Morgan fingerprint density at radius 2 is 1.82 bits per heavy atom. The summed E-state index contributed by atoms with van der Waals surface area (Å²) in [4.78, 5) is 4.94. The number of methoxy groups -OCH3 is 1. The van der Waals surface area contributed by atoms with Gasteiger partial charge in [0.05, 0.1) is 7.11 Å². The number of likely N-dealkylation sites (N-methyl/N-ethyl adjacent to an activating group) is 1. The molecule has 94 valence electrons. The Balaban J connectivity index is 1.90. The summed E-state index contributed by atoms with van der Waals surface area (Å²) in [5, 5.41) is 0. The quantitative estimate of drug-likeness (QED) is 0.793. The average Bonchev–Trinajstić information content (AvgIpc) is 2.56. The molecule has 2 rings (SSSR count). The Kier molecular flexibility index (Phi) is 4.40. The maximum absolute atomic E-state index is 5.17. The van der Waals surface area contributed by atoms with Gasteiger partial charge in [0.2, 0.25) is 0 Å². The number of nitrogens with zero attached hydrogens (tertiary/aromatic N) is 2. The first-order valence-electron chi connectivity index (χ1n) is 6.32. The first-order chi connectivity index (χ1) is 8.28. The fourth-order valence-corrected chi connectivity index (χ4v) is 2.25. The van der Waals surface area contributed by atoms with Crippen LogP contribution in [0.4, 0.5) is 0 Å². The zero-order valence-corrected chi connectivity index (χ0v) is 10.9. The van der Waals surface area contributed by atoms with Gasteiger partial charge in [0.25, 0.3) is 0 Å². The summed E-state index contributed by atoms with van der Waals surface area (Å²) in [6.45, 7) is 5.83. The SMILES string of the molecule is COc1ccc(CN2CCCN(C)CC2)cc1. The summed E-state index contributed by atoms with van der Waals surface area (Å²) in [6.07, 6.45) is 1.27. The third-order valence-electron chi connectivity index (χ3n) is 3.38. The summed E-state index contributed by atoms with van der Waals surface area (Å²) in [5.41, 5.74) is 1.37. The Morgan fingerprint density at radius 1 is 1.06 bits per heavy atom. The molecule has 1 heterocycles. The summed E-state index contributed by atoms with van der Waals surface area (Å²) in [5.74, 6) is 0.935. The molecule has 1 aromatic rings. The van der Waals surface area contributed by atoms with Crippen LogP contribution < -0.4 is 4.74 Å². The molecule has 0 radical (unpaired) electrons. The van der Waals surface area contributed by atoms with Crippen LogP contribution in [-0.4, -0.2) is 50.1 Å². The maximum Gasteiger partial charge on any atom is 0.118 e. The first-order valence-corrected chi connectivity index (χ1v) is 6.32. The van der Waals surface area contributed by atoms with Gasteiger partial charge in [-0.3, -0.25) is 4.90 Å². The van der Waals surface area contributed by atoms with E-state index in [0.29, 0.717) is 0 Å². The van der Waals surface area contributed by atoms with Gasteiger partial charge in [-0.25, -0.2) is 0 Å². The third kappa shape index (κ3) is 3.72. The van der Waals surface area contributed by atoms with Crippen LogP contribution >= 0.6 is 0 Å². The lowest BCUT2D eigenvalue weighted by atomic mass is 10.2. The molecule has 0 aliphatic carbocycles. The van der Waals surface area contributed by atoms with Crippen LogP contribution in [0.3, 0.4) is 0 Å². The van der Waals surface area contributed by atoms with Gasteiger partial charge >= 0.3 is 0 Å². The molecule has 1 aliphatic heterocycles. The predicted octanol–water partition coefficient (Wildman–Crippen LogP) is 1.83. The van der Waals surface area contributed by atoms with Crippen molar-refractivity contribution in [3.63, 3.8) is 0 Å². The highest BCUT2D eigenvalue weighted by Gasteiger charge is 2.11. The zero-order valence-electron chi connectivity index (χ0n) is 10.9. The van der Waals surface area contributed by atoms with Crippen molar-refractivity contribution in [1.82, 2.24) is 9.80 Å². The topological polar surface area (TPSA) is 15.7 Å². The number of rotatable bonds is 3. The van der Waals surface area contributed by atoms with Crippen LogP contribution in [0.25, 0.3) is 0 Å². The maximum atomic E-state index is 5.17. The van der Waals surface area contributed by atoms with Crippen LogP contribution in [-0.2, 0) is 6.54 Å². The molecule has 0 bridgehead atoms. The standard InChI is InChI=1S/C14H22N2O/c1-15-8-3-9-16(11-10-15)12-13-4-6-14(17-2)7-5-13/h4-7H,3,8-12H2,1-2H3. The molecule has 0 atom stereocenters. The second-order valence-electron chi connectivity index (χ2n) is 4.78. The number of hydrogen-bond donors (Lipinski definition) is 0. The second kappa shape index (κ2) is 6.03. The molecule has 3 nitrogen and oxygen atoms in total. The first kappa shape index (κ1) is 12.4. The third-order valence-corrected chi connectivity index (χ3v) is 3.38. The van der Waals surface area contributed by atoms with Crippen molar-refractivity contribution in [2.45, 2.75) is 13.0 Å². The van der Waals surface area contributed by atoms with Crippen LogP contribution in [0, 0.1) is 0 Å². The fourth-order valence-electron chi connectivity index (χ4n) is 2.25. The highest BCUT2D eigenvalue weighted by molar-refractivity contribution is 5.27. The van der Waals surface area contributed by atoms with Gasteiger partial charge in [-0.05, 0) is 44.3 Å². The lowest BCUT2D eigenvalue weighted by Gasteiger charge is -2.20. The van der Waals surface area contributed by atoms with E-state index in [1.165, 1.54) is 38.2 Å². The lowest BCUT2D eigenvalue weighted by molar-refractivity contribution is 0.269. The Bertz CT molecular complexity index is 337. The van der Waals surface area contributed by atoms with Gasteiger partial charge in [-0.2, -0.15) is 0 Å². The highest BCUT2D eigenvalue weighted by atomic mass is 16.5. The molecule has 0 spiro atoms. The van der Waals surface area contributed by atoms with Crippen molar-refractivity contribution in [3.8, 4) is 5.75 Å². The van der Waals surface area contributed by atoms with Crippen molar-refractivity contribution in [1.29, 1.82) is 0 Å². The summed E-state index contributed by atoms with van der Waals surface area (Å²) in [6, 6.07) is 8.40. The minimum atomic E-state index is 0.935. The second-order valence-corrected chi connectivity index (χ2v) is 4.78. The van der Waals surface area contributed by atoms with E-state index in [0.717, 1.165) is 12.3 Å². The van der Waals surface area contributed by atoms with E-state index in [4.69, 9.17) is 4.74 Å². The number of benzene rings is 1. The van der Waals surface area contributed by atoms with E-state index < -0.39 is 0 Å². The molecular formula is C14H22N2O. The smallest absolute Gasteiger partial charge is 0.118 e. The van der Waals surface area contributed by atoms with Crippen LogP contribution in [0.1, 0.15) is 12.0 Å². The Morgan fingerprint density at radius 3 is 2.53 bits per heavy atom. The molecule has 1 saturated heterocycles. The zero-order chi connectivity index (χ0) is 12.1. The van der Waals surface area contributed by atoms with Gasteiger partial charge in [0.1, 0.15) is 5.75 Å². The normalized spacial score (nSPS) is 18.9. The molecule has 0 N–H and O–H groups in total. The largest absolute Gasteiger partial charge is 0.497 e. The van der Waals surface area contributed by atoms with Gasteiger partial charge in [-0.1, -0.05) is 12.1 Å². The number of ether oxygens (including phenoxy) is 1. The van der Waals surface area contributed by atoms with Crippen molar-refractivity contribution >= 4 is 0 Å². The van der Waals surface area contributed by atoms with Crippen molar-refractivity contribution in [2.24, 2.45) is 0 Å². The monoisotopic (exact) mass is 234 g/mol. The van der Waals surface area contributed by atoms with Gasteiger partial charge in [-0.15, -0.1) is 0 Å². The van der Waals surface area contributed by atoms with E-state index in [-0.39, 0.29) is 0 Å². The molecule has 0 saturated carbocycles. The predicted molar refractivity (Wildman–Crippen MR) is 70.4 cm³/mol. The summed E-state index contributed by atoms with van der Waals surface area (Å²) < 4.78 is 5.17. The van der Waals surface area contributed by atoms with Gasteiger partial charge in [0.15, 0.2) is 0 Å². The van der Waals surface area contributed by atoms with E-state index in [9.17, 15) is 0 Å². The average molecular weight is 234 g/mol. The molecule has 1 aliphatic rings. The van der Waals surface area contributed by atoms with Crippen LogP contribution in [0.15, 0.2) is 24.3 Å².